The van der Waals surface area contributed by atoms with E-state index in [0.717, 1.165) is 13.1 Å². The molecule has 1 heterocycles. The third-order valence-corrected chi connectivity index (χ3v) is 2.59. The van der Waals surface area contributed by atoms with E-state index in [2.05, 4.69) is 14.8 Å². The maximum Gasteiger partial charge on any atom is 0.374 e. The number of carbonyl (C=O) groups is 3. The van der Waals surface area contributed by atoms with Gasteiger partial charge in [-0.15, -0.1) is 0 Å². The van der Waals surface area contributed by atoms with Gasteiger partial charge in [0.25, 0.3) is 5.91 Å². The number of amides is 1. The minimum absolute atomic E-state index is 0.0391. The van der Waals surface area contributed by atoms with Gasteiger partial charge >= 0.3 is 5.97 Å². The first kappa shape index (κ1) is 17.1. The average molecular weight is 308 g/mol. The maximum absolute atomic E-state index is 11.5. The van der Waals surface area contributed by atoms with E-state index in [1.165, 1.54) is 17.9 Å². The number of ketones is 1. The lowest BCUT2D eigenvalue weighted by molar-refractivity contribution is -0.141. The second-order valence-electron chi connectivity index (χ2n) is 4.17. The van der Waals surface area contributed by atoms with E-state index in [0.29, 0.717) is 0 Å². The van der Waals surface area contributed by atoms with Gasteiger partial charge in [0.1, 0.15) is 5.56 Å². The molecule has 0 spiro atoms. The van der Waals surface area contributed by atoms with Gasteiger partial charge in [-0.05, 0) is 13.8 Å². The lowest BCUT2D eigenvalue weighted by Crippen LogP contribution is -2.14. The highest BCUT2D eigenvalue weighted by Gasteiger charge is 2.18. The smallest absolute Gasteiger partial charge is 0.374 e. The van der Waals surface area contributed by atoms with Gasteiger partial charge in [0, 0.05) is 13.3 Å². The predicted molar refractivity (Wildman–Crippen MR) is 76.8 cm³/mol. The molecule has 22 heavy (non-hydrogen) atoms. The molecule has 0 aliphatic heterocycles. The Morgan fingerprint density at radius 3 is 2.64 bits per heavy atom. The highest BCUT2D eigenvalue weighted by atomic mass is 16.5. The third-order valence-electron chi connectivity index (χ3n) is 2.59. The fraction of sp³-hybridized carbons (Fsp3) is 0.308. The molecule has 0 aromatic carbocycles. The number of hydrogen-bond acceptors (Lipinski definition) is 7. The molecule has 0 atom stereocenters. The van der Waals surface area contributed by atoms with Crippen LogP contribution in [0.4, 0.5) is 5.82 Å². The van der Waals surface area contributed by atoms with E-state index in [4.69, 9.17) is 5.73 Å². The van der Waals surface area contributed by atoms with Crippen LogP contribution in [0.2, 0.25) is 0 Å². The van der Waals surface area contributed by atoms with Gasteiger partial charge in [-0.2, -0.15) is 5.10 Å². The summed E-state index contributed by atoms with van der Waals surface area (Å²) < 4.78 is 5.86. The van der Waals surface area contributed by atoms with Crippen LogP contribution in [0.5, 0.6) is 0 Å². The van der Waals surface area contributed by atoms with Crippen molar-refractivity contribution in [2.75, 3.05) is 6.61 Å². The maximum atomic E-state index is 11.5. The largest absolute Gasteiger partial charge is 0.501 e. The SMILES string of the molecule is CCOC(=O)/C(O)=C(/C=N/c1c(C(N)=O)cnn1C)C(C)=O. The zero-order valence-corrected chi connectivity index (χ0v) is 12.4. The number of aryl methyl sites for hydroxylation is 1. The molecule has 9 heteroatoms. The second kappa shape index (κ2) is 7.16. The van der Waals surface area contributed by atoms with E-state index in [1.807, 2.05) is 0 Å². The number of nitrogens with zero attached hydrogens (tertiary/aromatic N) is 3. The van der Waals surface area contributed by atoms with Crippen molar-refractivity contribution < 1.29 is 24.2 Å². The number of carbonyl (C=O) groups excluding carboxylic acids is 3. The zero-order chi connectivity index (χ0) is 16.9. The molecule has 118 valence electrons. The third kappa shape index (κ3) is 3.78. The number of primary amides is 1. The molecule has 1 aromatic heterocycles. The number of aromatic nitrogens is 2. The Balaban J connectivity index is 3.25. The molecule has 0 radical (unpaired) electrons. The van der Waals surface area contributed by atoms with E-state index in [9.17, 15) is 19.5 Å². The van der Waals surface area contributed by atoms with Gasteiger partial charge in [0.15, 0.2) is 11.6 Å². The molecule has 1 amide bonds. The van der Waals surface area contributed by atoms with Gasteiger partial charge in [0.05, 0.1) is 18.4 Å². The molecule has 9 nitrogen and oxygen atoms in total. The number of aliphatic hydroxyl groups excluding tert-OH is 1. The van der Waals surface area contributed by atoms with Gasteiger partial charge < -0.3 is 15.6 Å². The summed E-state index contributed by atoms with van der Waals surface area (Å²) in [5.74, 6) is -3.16. The van der Waals surface area contributed by atoms with Crippen molar-refractivity contribution in [2.24, 2.45) is 17.8 Å². The minimum atomic E-state index is -1.04. The standard InChI is InChI=1S/C13H16N4O5/c1-4-22-13(21)10(19)8(7(2)18)5-15-12-9(11(14)20)6-16-17(12)3/h5-6,19H,4H2,1-3H3,(H2,14,20)/b10-8+,15-5+. The topological polar surface area (TPSA) is 137 Å². The molecule has 0 aliphatic carbocycles. The second-order valence-corrected chi connectivity index (χ2v) is 4.17. The fourth-order valence-corrected chi connectivity index (χ4v) is 1.51. The fourth-order valence-electron chi connectivity index (χ4n) is 1.51. The van der Waals surface area contributed by atoms with Gasteiger partial charge in [-0.3, -0.25) is 14.3 Å². The van der Waals surface area contributed by atoms with Crippen molar-refractivity contribution in [2.45, 2.75) is 13.8 Å². The van der Waals surface area contributed by atoms with E-state index >= 15 is 0 Å². The molecule has 1 rings (SSSR count). The first-order chi connectivity index (χ1) is 10.3. The van der Waals surface area contributed by atoms with Crippen molar-refractivity contribution in [3.63, 3.8) is 0 Å². The van der Waals surface area contributed by atoms with Crippen LogP contribution in [0, 0.1) is 0 Å². The van der Waals surface area contributed by atoms with Crippen molar-refractivity contribution in [3.05, 3.63) is 23.1 Å². The first-order valence-electron chi connectivity index (χ1n) is 6.26. The Morgan fingerprint density at radius 1 is 1.50 bits per heavy atom. The Morgan fingerprint density at radius 2 is 2.14 bits per heavy atom. The lowest BCUT2D eigenvalue weighted by atomic mass is 10.1. The van der Waals surface area contributed by atoms with Crippen molar-refractivity contribution in [1.29, 1.82) is 0 Å². The summed E-state index contributed by atoms with van der Waals surface area (Å²) in [6.45, 7) is 2.75. The summed E-state index contributed by atoms with van der Waals surface area (Å²) in [7, 11) is 1.52. The summed E-state index contributed by atoms with van der Waals surface area (Å²) >= 11 is 0. The molecule has 0 aliphatic rings. The number of aliphatic hydroxyl groups is 1. The summed E-state index contributed by atoms with van der Waals surface area (Å²) in [5, 5.41) is 13.6. The molecule has 0 bridgehead atoms. The Labute approximate surface area is 126 Å². The van der Waals surface area contributed by atoms with Crippen LogP contribution in [0.15, 0.2) is 22.5 Å². The molecule has 0 fully saturated rings. The highest BCUT2D eigenvalue weighted by molar-refractivity contribution is 6.17. The number of hydrogen-bond donors (Lipinski definition) is 2. The van der Waals surface area contributed by atoms with Crippen molar-refractivity contribution >= 4 is 29.7 Å². The highest BCUT2D eigenvalue weighted by Crippen LogP contribution is 2.17. The first-order valence-corrected chi connectivity index (χ1v) is 6.26. The average Bonchev–Trinajstić information content (AvgIpc) is 2.80. The lowest BCUT2D eigenvalue weighted by Gasteiger charge is -2.03. The number of ether oxygens (including phenoxy) is 1. The van der Waals surface area contributed by atoms with E-state index in [1.54, 1.807) is 6.92 Å². The van der Waals surface area contributed by atoms with E-state index < -0.39 is 23.4 Å². The van der Waals surface area contributed by atoms with Gasteiger partial charge in [0.2, 0.25) is 5.76 Å². The van der Waals surface area contributed by atoms with Crippen LogP contribution in [0.1, 0.15) is 24.2 Å². The summed E-state index contributed by atoms with van der Waals surface area (Å²) in [6, 6.07) is 0. The quantitative estimate of drug-likeness (QED) is 0.333. The molecule has 0 saturated carbocycles. The number of allylic oxidation sites excluding steroid dienone is 1. The van der Waals surface area contributed by atoms with Crippen LogP contribution in [-0.2, 0) is 21.4 Å². The number of nitrogens with two attached hydrogens (primary N) is 1. The normalized spacial score (nSPS) is 12.1. The summed E-state index contributed by atoms with van der Waals surface area (Å²) in [5.41, 5.74) is 4.86. The molecule has 1 aromatic rings. The van der Waals surface area contributed by atoms with Crippen LogP contribution in [0.3, 0.4) is 0 Å². The molecule has 0 unspecified atom stereocenters. The Hall–Kier alpha value is -2.97. The number of rotatable bonds is 6. The number of Topliss-reactive ketones (excluding diaryl/α,β-unsaturated/α-hetero) is 1. The minimum Gasteiger partial charge on any atom is -0.501 e. The van der Waals surface area contributed by atoms with Crippen LogP contribution in [0.25, 0.3) is 0 Å². The molecular formula is C13H16N4O5. The predicted octanol–water partition coefficient (Wildman–Crippen LogP) is 0.185. The van der Waals surface area contributed by atoms with Crippen LogP contribution < -0.4 is 5.73 Å². The van der Waals surface area contributed by atoms with Crippen molar-refractivity contribution in [1.82, 2.24) is 9.78 Å². The summed E-state index contributed by atoms with van der Waals surface area (Å²) in [6.07, 6.45) is 2.18. The number of aliphatic imine (C=N–C) groups is 1. The zero-order valence-electron chi connectivity index (χ0n) is 12.4. The molecule has 3 N–H and O–H groups in total. The van der Waals surface area contributed by atoms with Crippen LogP contribution in [-0.4, -0.2) is 45.4 Å². The molecular weight excluding hydrogens is 292 g/mol. The number of esters is 1. The molecule has 0 saturated heterocycles. The van der Waals surface area contributed by atoms with E-state index in [-0.39, 0.29) is 23.6 Å². The van der Waals surface area contributed by atoms with Gasteiger partial charge in [-0.25, -0.2) is 9.79 Å². The Kier molecular flexibility index (Phi) is 5.56. The van der Waals surface area contributed by atoms with Crippen LogP contribution >= 0.6 is 0 Å². The Bertz CT molecular complexity index is 672. The van der Waals surface area contributed by atoms with Crippen molar-refractivity contribution in [3.8, 4) is 0 Å². The summed E-state index contributed by atoms with van der Waals surface area (Å²) in [4.78, 5) is 38.1. The monoisotopic (exact) mass is 308 g/mol. The van der Waals surface area contributed by atoms with Gasteiger partial charge in [-0.1, -0.05) is 0 Å².